The number of ketones is 1. The number of Topliss-reactive ketones (excluding diaryl/α,β-unsaturated/α-hetero) is 1. The minimum absolute atomic E-state index is 0.0928. The van der Waals surface area contributed by atoms with Crippen molar-refractivity contribution in [1.82, 2.24) is 9.78 Å². The van der Waals surface area contributed by atoms with E-state index in [-0.39, 0.29) is 12.3 Å². The number of hydrogen-bond acceptors (Lipinski definition) is 3. The number of benzene rings is 2. The van der Waals surface area contributed by atoms with Gasteiger partial charge in [-0.2, -0.15) is 5.10 Å². The standard InChI is InChI=1S/C18H18N2O.2C2H6.CH2O2/c1-12(2)20-18-9-8-16(10-17(18)11-19-20)15-6-4-14(5-7-15)13(3)21;2*1-2;2-1-3/h4-12H,1-3H3;2*1-2H3;1H,(H,2,3). The largest absolute Gasteiger partial charge is 0.483 e. The molecule has 3 aromatic rings. The molecule has 0 saturated heterocycles. The van der Waals surface area contributed by atoms with Crippen molar-refractivity contribution < 1.29 is 14.7 Å². The van der Waals surface area contributed by atoms with Gasteiger partial charge < -0.3 is 5.11 Å². The Bertz CT molecular complexity index is 850. The molecule has 0 spiro atoms. The second-order valence-electron chi connectivity index (χ2n) is 5.70. The summed E-state index contributed by atoms with van der Waals surface area (Å²) in [6.07, 6.45) is 1.91. The monoisotopic (exact) mass is 384 g/mol. The van der Waals surface area contributed by atoms with Crippen molar-refractivity contribution in [2.45, 2.75) is 54.5 Å². The van der Waals surface area contributed by atoms with E-state index in [1.807, 2.05) is 62.8 Å². The number of rotatable bonds is 3. The average Bonchev–Trinajstić information content (AvgIpc) is 3.15. The Kier molecular flexibility index (Phi) is 11.9. The zero-order valence-electron chi connectivity index (χ0n) is 17.9. The number of nitrogens with zero attached hydrogens (tertiary/aromatic N) is 2. The molecular weight excluding hydrogens is 352 g/mol. The molecule has 0 aliphatic heterocycles. The van der Waals surface area contributed by atoms with Gasteiger partial charge in [-0.15, -0.1) is 0 Å². The molecule has 0 radical (unpaired) electrons. The second-order valence-corrected chi connectivity index (χ2v) is 5.70. The molecule has 5 nitrogen and oxygen atoms in total. The third-order valence-electron chi connectivity index (χ3n) is 3.71. The van der Waals surface area contributed by atoms with Gasteiger partial charge in [-0.25, -0.2) is 0 Å². The third-order valence-corrected chi connectivity index (χ3v) is 3.71. The summed E-state index contributed by atoms with van der Waals surface area (Å²) in [5.74, 6) is 0.0928. The van der Waals surface area contributed by atoms with Gasteiger partial charge in [0.15, 0.2) is 5.78 Å². The van der Waals surface area contributed by atoms with Gasteiger partial charge in [0.25, 0.3) is 6.47 Å². The number of aromatic nitrogens is 2. The third kappa shape index (κ3) is 6.65. The maximum Gasteiger partial charge on any atom is 0.290 e. The van der Waals surface area contributed by atoms with Crippen LogP contribution in [0.25, 0.3) is 22.0 Å². The van der Waals surface area contributed by atoms with Crippen molar-refractivity contribution in [1.29, 1.82) is 0 Å². The van der Waals surface area contributed by atoms with Crippen LogP contribution in [0.3, 0.4) is 0 Å². The Morgan fingerprint density at radius 3 is 1.96 bits per heavy atom. The van der Waals surface area contributed by atoms with Crippen molar-refractivity contribution in [3.63, 3.8) is 0 Å². The molecule has 0 amide bonds. The van der Waals surface area contributed by atoms with Gasteiger partial charge in [0, 0.05) is 17.0 Å². The molecule has 1 aromatic heterocycles. The van der Waals surface area contributed by atoms with Gasteiger partial charge in [0.2, 0.25) is 0 Å². The van der Waals surface area contributed by atoms with E-state index < -0.39 is 0 Å². The number of hydrogen-bond donors (Lipinski definition) is 1. The summed E-state index contributed by atoms with van der Waals surface area (Å²) in [5.41, 5.74) is 4.14. The molecule has 1 N–H and O–H groups in total. The summed E-state index contributed by atoms with van der Waals surface area (Å²) in [7, 11) is 0. The molecule has 0 aliphatic carbocycles. The number of fused-ring (bicyclic) bond motifs is 1. The fourth-order valence-electron chi connectivity index (χ4n) is 2.54. The van der Waals surface area contributed by atoms with Crippen molar-refractivity contribution in [2.24, 2.45) is 0 Å². The zero-order chi connectivity index (χ0) is 21.7. The van der Waals surface area contributed by atoms with Gasteiger partial charge in [0.05, 0.1) is 11.7 Å². The molecule has 2 aromatic carbocycles. The van der Waals surface area contributed by atoms with E-state index in [9.17, 15) is 4.79 Å². The first-order valence-electron chi connectivity index (χ1n) is 9.64. The Balaban J connectivity index is 0.000000930. The van der Waals surface area contributed by atoms with Crippen LogP contribution in [0.2, 0.25) is 0 Å². The van der Waals surface area contributed by atoms with E-state index in [0.717, 1.165) is 27.6 Å². The smallest absolute Gasteiger partial charge is 0.290 e. The lowest BCUT2D eigenvalue weighted by molar-refractivity contribution is -0.122. The summed E-state index contributed by atoms with van der Waals surface area (Å²) < 4.78 is 2.03. The fourth-order valence-corrected chi connectivity index (χ4v) is 2.54. The lowest BCUT2D eigenvalue weighted by atomic mass is 10.0. The number of carbonyl (C=O) groups is 2. The molecule has 0 unspecified atom stereocenters. The first-order chi connectivity index (χ1) is 13.5. The van der Waals surface area contributed by atoms with Crippen LogP contribution in [-0.4, -0.2) is 27.1 Å². The minimum atomic E-state index is -0.250. The molecule has 0 atom stereocenters. The Labute approximate surface area is 168 Å². The molecule has 0 aliphatic rings. The maximum atomic E-state index is 11.3. The topological polar surface area (TPSA) is 72.2 Å². The fraction of sp³-hybridized carbons (Fsp3) is 0.348. The predicted molar refractivity (Wildman–Crippen MR) is 117 cm³/mol. The highest BCUT2D eigenvalue weighted by molar-refractivity contribution is 5.94. The summed E-state index contributed by atoms with van der Waals surface area (Å²) >= 11 is 0. The van der Waals surface area contributed by atoms with E-state index in [4.69, 9.17) is 9.90 Å². The predicted octanol–water partition coefficient (Wildman–Crippen LogP) is 6.24. The molecule has 0 saturated carbocycles. The summed E-state index contributed by atoms with van der Waals surface area (Å²) in [4.78, 5) is 19.7. The number of carboxylic acid groups (broad SMARTS) is 1. The van der Waals surface area contributed by atoms with E-state index >= 15 is 0 Å². The van der Waals surface area contributed by atoms with Crippen molar-refractivity contribution in [2.75, 3.05) is 0 Å². The molecule has 152 valence electrons. The molecule has 1 heterocycles. The quantitative estimate of drug-likeness (QED) is 0.428. The normalized spacial score (nSPS) is 9.29. The van der Waals surface area contributed by atoms with E-state index in [1.54, 1.807) is 6.92 Å². The van der Waals surface area contributed by atoms with E-state index in [2.05, 4.69) is 37.1 Å². The van der Waals surface area contributed by atoms with Crippen molar-refractivity contribution in [3.8, 4) is 11.1 Å². The minimum Gasteiger partial charge on any atom is -0.483 e. The van der Waals surface area contributed by atoms with Crippen LogP contribution >= 0.6 is 0 Å². The van der Waals surface area contributed by atoms with Crippen LogP contribution in [0.1, 0.15) is 64.9 Å². The SMILES string of the molecule is CC.CC.CC(=O)c1ccc(-c2ccc3c(cnn3C(C)C)c2)cc1.O=CO. The van der Waals surface area contributed by atoms with Gasteiger partial charge in [-0.3, -0.25) is 14.3 Å². The Hall–Kier alpha value is -2.95. The lowest BCUT2D eigenvalue weighted by Crippen LogP contribution is -2.01. The van der Waals surface area contributed by atoms with Crippen LogP contribution in [-0.2, 0) is 4.79 Å². The first kappa shape index (κ1) is 25.1. The highest BCUT2D eigenvalue weighted by Gasteiger charge is 2.07. The van der Waals surface area contributed by atoms with E-state index in [0.29, 0.717) is 6.04 Å². The lowest BCUT2D eigenvalue weighted by Gasteiger charge is -2.08. The Morgan fingerprint density at radius 2 is 1.50 bits per heavy atom. The van der Waals surface area contributed by atoms with Crippen LogP contribution in [0.15, 0.2) is 48.7 Å². The van der Waals surface area contributed by atoms with Gasteiger partial charge in [0.1, 0.15) is 0 Å². The maximum absolute atomic E-state index is 11.3. The van der Waals surface area contributed by atoms with Crippen LogP contribution in [0, 0.1) is 0 Å². The number of carbonyl (C=O) groups excluding carboxylic acids is 1. The van der Waals surface area contributed by atoms with Crippen LogP contribution in [0.4, 0.5) is 0 Å². The highest BCUT2D eigenvalue weighted by atomic mass is 16.3. The van der Waals surface area contributed by atoms with Crippen molar-refractivity contribution in [3.05, 3.63) is 54.2 Å². The summed E-state index contributed by atoms with van der Waals surface area (Å²) in [6.45, 7) is 13.6. The Morgan fingerprint density at radius 1 is 1.00 bits per heavy atom. The molecular formula is C23H32N2O3. The molecule has 3 rings (SSSR count). The van der Waals surface area contributed by atoms with E-state index in [1.165, 1.54) is 0 Å². The van der Waals surface area contributed by atoms with Gasteiger partial charge in [-0.05, 0) is 44.0 Å². The van der Waals surface area contributed by atoms with Gasteiger partial charge in [-0.1, -0.05) is 58.0 Å². The zero-order valence-corrected chi connectivity index (χ0v) is 17.9. The second kappa shape index (κ2) is 13.3. The van der Waals surface area contributed by atoms with Gasteiger partial charge >= 0.3 is 0 Å². The summed E-state index contributed by atoms with van der Waals surface area (Å²) in [6, 6.07) is 14.4. The highest BCUT2D eigenvalue weighted by Crippen LogP contribution is 2.26. The van der Waals surface area contributed by atoms with Crippen molar-refractivity contribution >= 4 is 23.2 Å². The summed E-state index contributed by atoms with van der Waals surface area (Å²) in [5, 5.41) is 12.5. The first-order valence-corrected chi connectivity index (χ1v) is 9.64. The van der Waals surface area contributed by atoms with Crippen LogP contribution < -0.4 is 0 Å². The molecule has 0 bridgehead atoms. The molecule has 28 heavy (non-hydrogen) atoms. The molecule has 5 heteroatoms. The molecule has 0 fully saturated rings. The van der Waals surface area contributed by atoms with Crippen LogP contribution in [0.5, 0.6) is 0 Å². The average molecular weight is 385 g/mol.